The Bertz CT molecular complexity index is 707. The maximum atomic E-state index is 13.2. The van der Waals surface area contributed by atoms with Gasteiger partial charge in [-0.2, -0.15) is 0 Å². The molecule has 7 nitrogen and oxygen atoms in total. The second kappa shape index (κ2) is 7.53. The van der Waals surface area contributed by atoms with Gasteiger partial charge in [0, 0.05) is 13.1 Å². The molecule has 1 aliphatic rings. The standard InChI is InChI=1S/C17H23N5O2S/c1-17(2,3)22-16(18-19-20-22)25-14(13-7-5-4-6-8-13)15(23)21-9-11-24-12-10-21/h4-8,14H,9-12H2,1-3H3. The molecular formula is C17H23N5O2S. The number of carbonyl (C=O) groups excluding carboxylic acids is 1. The van der Waals surface area contributed by atoms with Gasteiger partial charge < -0.3 is 9.64 Å². The molecular weight excluding hydrogens is 338 g/mol. The fourth-order valence-corrected chi connectivity index (χ4v) is 3.87. The monoisotopic (exact) mass is 361 g/mol. The van der Waals surface area contributed by atoms with Crippen molar-refractivity contribution < 1.29 is 9.53 Å². The van der Waals surface area contributed by atoms with Gasteiger partial charge in [0.05, 0.1) is 18.8 Å². The Labute approximate surface area is 151 Å². The van der Waals surface area contributed by atoms with E-state index in [2.05, 4.69) is 15.5 Å². The van der Waals surface area contributed by atoms with Crippen LogP contribution in [0.3, 0.4) is 0 Å². The summed E-state index contributed by atoms with van der Waals surface area (Å²) in [5.41, 5.74) is 0.696. The highest BCUT2D eigenvalue weighted by atomic mass is 32.2. The van der Waals surface area contributed by atoms with Crippen LogP contribution in [0.1, 0.15) is 31.6 Å². The molecule has 0 saturated carbocycles. The van der Waals surface area contributed by atoms with E-state index in [0.29, 0.717) is 31.5 Å². The lowest BCUT2D eigenvalue weighted by atomic mass is 10.1. The number of morpholine rings is 1. The molecule has 2 heterocycles. The maximum absolute atomic E-state index is 13.2. The Hall–Kier alpha value is -1.93. The van der Waals surface area contributed by atoms with Gasteiger partial charge in [-0.05, 0) is 36.8 Å². The predicted octanol–water partition coefficient (Wildman–Crippen LogP) is 2.12. The largest absolute Gasteiger partial charge is 0.378 e. The number of thioether (sulfide) groups is 1. The highest BCUT2D eigenvalue weighted by Crippen LogP contribution is 2.37. The molecule has 0 aliphatic carbocycles. The van der Waals surface area contributed by atoms with Gasteiger partial charge in [-0.1, -0.05) is 42.1 Å². The lowest BCUT2D eigenvalue weighted by molar-refractivity contribution is -0.134. The quantitative estimate of drug-likeness (QED) is 0.777. The zero-order valence-corrected chi connectivity index (χ0v) is 15.6. The summed E-state index contributed by atoms with van der Waals surface area (Å²) in [6.07, 6.45) is 0. The van der Waals surface area contributed by atoms with Crippen LogP contribution in [0.4, 0.5) is 0 Å². The summed E-state index contributed by atoms with van der Waals surface area (Å²) in [7, 11) is 0. The lowest BCUT2D eigenvalue weighted by Crippen LogP contribution is -2.42. The Morgan fingerprint density at radius 2 is 1.88 bits per heavy atom. The molecule has 1 aromatic heterocycles. The van der Waals surface area contributed by atoms with Crippen molar-refractivity contribution in [3.8, 4) is 0 Å². The minimum atomic E-state index is -0.383. The van der Waals surface area contributed by atoms with Crippen LogP contribution in [-0.4, -0.2) is 57.3 Å². The summed E-state index contributed by atoms with van der Waals surface area (Å²) >= 11 is 1.40. The number of carbonyl (C=O) groups is 1. The summed E-state index contributed by atoms with van der Waals surface area (Å²) in [5, 5.41) is 12.3. The predicted molar refractivity (Wildman–Crippen MR) is 95.3 cm³/mol. The highest BCUT2D eigenvalue weighted by Gasteiger charge is 2.31. The first kappa shape index (κ1) is 17.9. The molecule has 1 unspecified atom stereocenters. The smallest absolute Gasteiger partial charge is 0.240 e. The van der Waals surface area contributed by atoms with Crippen molar-refractivity contribution in [1.29, 1.82) is 0 Å². The molecule has 2 aromatic rings. The molecule has 1 saturated heterocycles. The second-order valence-corrected chi connectivity index (χ2v) is 7.96. The first-order chi connectivity index (χ1) is 12.0. The van der Waals surface area contributed by atoms with Crippen molar-refractivity contribution >= 4 is 17.7 Å². The second-order valence-electron chi connectivity index (χ2n) is 6.89. The Balaban J connectivity index is 1.90. The molecule has 1 aliphatic heterocycles. The number of amides is 1. The number of hydrogen-bond acceptors (Lipinski definition) is 6. The van der Waals surface area contributed by atoms with E-state index < -0.39 is 0 Å². The summed E-state index contributed by atoms with van der Waals surface area (Å²) in [6.45, 7) is 8.51. The molecule has 1 atom stereocenters. The van der Waals surface area contributed by atoms with Crippen LogP contribution in [0.15, 0.2) is 35.5 Å². The van der Waals surface area contributed by atoms with E-state index in [0.717, 1.165) is 5.56 Å². The maximum Gasteiger partial charge on any atom is 0.240 e. The van der Waals surface area contributed by atoms with E-state index in [-0.39, 0.29) is 16.7 Å². The molecule has 1 amide bonds. The summed E-state index contributed by atoms with van der Waals surface area (Å²) < 4.78 is 7.13. The van der Waals surface area contributed by atoms with Crippen molar-refractivity contribution in [2.75, 3.05) is 26.3 Å². The third kappa shape index (κ3) is 4.19. The van der Waals surface area contributed by atoms with Gasteiger partial charge in [-0.3, -0.25) is 4.79 Å². The Morgan fingerprint density at radius 3 is 2.52 bits per heavy atom. The van der Waals surface area contributed by atoms with Crippen LogP contribution >= 0.6 is 11.8 Å². The van der Waals surface area contributed by atoms with Gasteiger partial charge in [0.15, 0.2) is 0 Å². The molecule has 8 heteroatoms. The summed E-state index contributed by atoms with van der Waals surface area (Å²) in [6, 6.07) is 9.79. The molecule has 0 bridgehead atoms. The SMILES string of the molecule is CC(C)(C)n1nnnc1SC(C(=O)N1CCOCC1)c1ccccc1. The van der Waals surface area contributed by atoms with E-state index in [1.165, 1.54) is 11.8 Å². The van der Waals surface area contributed by atoms with Gasteiger partial charge in [-0.25, -0.2) is 4.68 Å². The molecule has 25 heavy (non-hydrogen) atoms. The van der Waals surface area contributed by atoms with E-state index >= 15 is 0 Å². The molecule has 1 aromatic carbocycles. The molecule has 0 radical (unpaired) electrons. The van der Waals surface area contributed by atoms with Crippen molar-refractivity contribution in [3.63, 3.8) is 0 Å². The molecule has 0 N–H and O–H groups in total. The zero-order valence-electron chi connectivity index (χ0n) is 14.8. The minimum Gasteiger partial charge on any atom is -0.378 e. The average molecular weight is 361 g/mol. The number of benzene rings is 1. The number of nitrogens with zero attached hydrogens (tertiary/aromatic N) is 5. The first-order valence-electron chi connectivity index (χ1n) is 8.34. The number of ether oxygens (including phenoxy) is 1. The van der Waals surface area contributed by atoms with Gasteiger partial charge >= 0.3 is 0 Å². The summed E-state index contributed by atoms with van der Waals surface area (Å²) in [4.78, 5) is 15.0. The fraction of sp³-hybridized carbons (Fsp3) is 0.529. The zero-order chi connectivity index (χ0) is 17.9. The molecule has 3 rings (SSSR count). The van der Waals surface area contributed by atoms with Crippen LogP contribution < -0.4 is 0 Å². The van der Waals surface area contributed by atoms with Crippen molar-refractivity contribution in [3.05, 3.63) is 35.9 Å². The van der Waals surface area contributed by atoms with Crippen LogP contribution in [-0.2, 0) is 15.1 Å². The van der Waals surface area contributed by atoms with Crippen LogP contribution in [0.25, 0.3) is 0 Å². The molecule has 0 spiro atoms. The Morgan fingerprint density at radius 1 is 1.20 bits per heavy atom. The average Bonchev–Trinajstić information content (AvgIpc) is 3.09. The highest BCUT2D eigenvalue weighted by molar-refractivity contribution is 8.00. The van der Waals surface area contributed by atoms with Gasteiger partial charge in [0.1, 0.15) is 5.25 Å². The van der Waals surface area contributed by atoms with Gasteiger partial charge in [-0.15, -0.1) is 5.10 Å². The lowest BCUT2D eigenvalue weighted by Gasteiger charge is -2.30. The van der Waals surface area contributed by atoms with Crippen LogP contribution in [0.5, 0.6) is 0 Å². The topological polar surface area (TPSA) is 73.1 Å². The Kier molecular flexibility index (Phi) is 5.39. The van der Waals surface area contributed by atoms with E-state index in [1.54, 1.807) is 4.68 Å². The third-order valence-corrected chi connectivity index (χ3v) is 5.12. The summed E-state index contributed by atoms with van der Waals surface area (Å²) in [5.74, 6) is 0.0722. The minimum absolute atomic E-state index is 0.0722. The van der Waals surface area contributed by atoms with Crippen molar-refractivity contribution in [2.45, 2.75) is 36.7 Å². The van der Waals surface area contributed by atoms with Crippen LogP contribution in [0, 0.1) is 0 Å². The fourth-order valence-electron chi connectivity index (χ4n) is 2.62. The van der Waals surface area contributed by atoms with Gasteiger partial charge in [0.25, 0.3) is 0 Å². The number of rotatable bonds is 4. The molecule has 1 fully saturated rings. The number of tetrazole rings is 1. The van der Waals surface area contributed by atoms with Crippen molar-refractivity contribution in [2.24, 2.45) is 0 Å². The number of hydrogen-bond donors (Lipinski definition) is 0. The molecule has 134 valence electrons. The normalized spacial score (nSPS) is 16.7. The first-order valence-corrected chi connectivity index (χ1v) is 9.22. The number of aromatic nitrogens is 4. The third-order valence-electron chi connectivity index (χ3n) is 3.95. The van der Waals surface area contributed by atoms with E-state index in [9.17, 15) is 4.79 Å². The van der Waals surface area contributed by atoms with E-state index in [1.807, 2.05) is 56.0 Å². The van der Waals surface area contributed by atoms with E-state index in [4.69, 9.17) is 4.74 Å². The van der Waals surface area contributed by atoms with Crippen molar-refractivity contribution in [1.82, 2.24) is 25.1 Å². The van der Waals surface area contributed by atoms with Crippen LogP contribution in [0.2, 0.25) is 0 Å². The van der Waals surface area contributed by atoms with Gasteiger partial charge in [0.2, 0.25) is 11.1 Å².